The van der Waals surface area contributed by atoms with Gasteiger partial charge in [-0.3, -0.25) is 14.4 Å². The second-order valence-corrected chi connectivity index (χ2v) is 8.55. The number of hydrogen-bond acceptors (Lipinski definition) is 4. The fraction of sp³-hybridized carbons (Fsp3) is 0.348. The van der Waals surface area contributed by atoms with Crippen LogP contribution >= 0.6 is 11.6 Å². The van der Waals surface area contributed by atoms with E-state index in [1.54, 1.807) is 23.1 Å². The summed E-state index contributed by atoms with van der Waals surface area (Å²) in [6, 6.07) is 7.36. The lowest BCUT2D eigenvalue weighted by molar-refractivity contribution is -0.143. The van der Waals surface area contributed by atoms with Crippen LogP contribution in [0.1, 0.15) is 24.5 Å². The lowest BCUT2D eigenvalue weighted by Gasteiger charge is -2.41. The number of carbonyl (C=O) groups excluding carboxylic acids is 3. The molecule has 1 atom stereocenters. The number of nitrogens with one attached hydrogen (secondary N) is 1. The molecule has 1 saturated heterocycles. The molecule has 1 aliphatic carbocycles. The quantitative estimate of drug-likeness (QED) is 0.550. The maximum atomic E-state index is 13.8. The van der Waals surface area contributed by atoms with Crippen molar-refractivity contribution in [2.75, 3.05) is 29.9 Å². The van der Waals surface area contributed by atoms with E-state index in [1.165, 1.54) is 4.90 Å². The third-order valence-corrected chi connectivity index (χ3v) is 6.30. The first-order valence-electron chi connectivity index (χ1n) is 10.4. The van der Waals surface area contributed by atoms with E-state index in [4.69, 9.17) is 11.6 Å². The summed E-state index contributed by atoms with van der Waals surface area (Å²) < 4.78 is 27.7. The van der Waals surface area contributed by atoms with Gasteiger partial charge in [0.05, 0.1) is 0 Å². The second kappa shape index (κ2) is 8.86. The molecule has 0 spiro atoms. The van der Waals surface area contributed by atoms with Crippen LogP contribution in [0.5, 0.6) is 0 Å². The molecule has 1 aliphatic heterocycles. The topological polar surface area (TPSA) is 69.7 Å². The molecule has 168 valence electrons. The Morgan fingerprint density at radius 2 is 1.78 bits per heavy atom. The first kappa shape index (κ1) is 22.2. The van der Waals surface area contributed by atoms with E-state index >= 15 is 0 Å². The number of piperazine rings is 1. The Balaban J connectivity index is 1.39. The van der Waals surface area contributed by atoms with Crippen molar-refractivity contribution in [3.8, 4) is 0 Å². The summed E-state index contributed by atoms with van der Waals surface area (Å²) in [7, 11) is 0. The summed E-state index contributed by atoms with van der Waals surface area (Å²) in [6.07, 6.45) is 1.50. The second-order valence-electron chi connectivity index (χ2n) is 8.17. The third-order valence-electron chi connectivity index (χ3n) is 5.93. The Morgan fingerprint density at radius 1 is 1.06 bits per heavy atom. The molecule has 1 N–H and O–H groups in total. The molecule has 1 fully saturated rings. The fourth-order valence-corrected chi connectivity index (χ4v) is 4.35. The minimum Gasteiger partial charge on any atom is -0.365 e. The number of ketones is 1. The number of anilines is 2. The Hall–Kier alpha value is -3.00. The van der Waals surface area contributed by atoms with Crippen LogP contribution in [0.2, 0.25) is 5.02 Å². The summed E-state index contributed by atoms with van der Waals surface area (Å²) in [5, 5.41) is 2.08. The Bertz CT molecular complexity index is 1080. The zero-order valence-electron chi connectivity index (χ0n) is 17.5. The molecule has 0 bridgehead atoms. The van der Waals surface area contributed by atoms with Crippen molar-refractivity contribution in [1.82, 2.24) is 4.90 Å². The van der Waals surface area contributed by atoms with Crippen molar-refractivity contribution in [2.24, 2.45) is 0 Å². The molecular formula is C23H22ClF2N3O3. The standard InChI is InChI=1S/C23H22ClF2N3O3/c1-13-12-28(6-7-29(13)17-10-19(25)21(24)20(26)11-17)23(32)22(31)27-16-4-2-15-9-18(30)5-3-14(15)8-16/h2,4,8,10-11,13H,3,5-7,9,12H2,1H3,(H,27,31)/t13-/m1/s1. The van der Waals surface area contributed by atoms with Gasteiger partial charge in [-0.1, -0.05) is 17.7 Å². The van der Waals surface area contributed by atoms with Gasteiger partial charge in [0.1, 0.15) is 22.4 Å². The van der Waals surface area contributed by atoms with E-state index < -0.39 is 28.5 Å². The molecule has 0 aromatic heterocycles. The Kier molecular flexibility index (Phi) is 6.15. The van der Waals surface area contributed by atoms with Crippen molar-refractivity contribution >= 4 is 40.6 Å². The van der Waals surface area contributed by atoms with E-state index in [2.05, 4.69) is 5.32 Å². The number of benzene rings is 2. The van der Waals surface area contributed by atoms with Crippen LogP contribution < -0.4 is 10.2 Å². The van der Waals surface area contributed by atoms with Crippen LogP contribution in [-0.4, -0.2) is 48.2 Å². The van der Waals surface area contributed by atoms with Crippen LogP contribution in [-0.2, 0) is 27.2 Å². The van der Waals surface area contributed by atoms with Gasteiger partial charge in [0.15, 0.2) is 0 Å². The molecule has 2 aromatic carbocycles. The molecule has 1 heterocycles. The average Bonchev–Trinajstić information content (AvgIpc) is 2.76. The lowest BCUT2D eigenvalue weighted by atomic mass is 9.90. The number of rotatable bonds is 2. The number of Topliss-reactive ketones (excluding diaryl/α,β-unsaturated/α-hetero) is 1. The minimum absolute atomic E-state index is 0.196. The van der Waals surface area contributed by atoms with Gasteiger partial charge in [0.25, 0.3) is 0 Å². The van der Waals surface area contributed by atoms with Gasteiger partial charge in [-0.05, 0) is 48.7 Å². The number of fused-ring (bicyclic) bond motifs is 1. The van der Waals surface area contributed by atoms with Gasteiger partial charge < -0.3 is 15.1 Å². The third kappa shape index (κ3) is 4.46. The summed E-state index contributed by atoms with van der Waals surface area (Å²) in [5.41, 5.74) is 2.79. The zero-order valence-corrected chi connectivity index (χ0v) is 18.2. The highest BCUT2D eigenvalue weighted by atomic mass is 35.5. The molecule has 4 rings (SSSR count). The maximum absolute atomic E-state index is 13.8. The SMILES string of the molecule is C[C@@H]1CN(C(=O)C(=O)Nc2ccc3c(c2)CCC(=O)C3)CCN1c1cc(F)c(Cl)c(F)c1. The van der Waals surface area contributed by atoms with E-state index in [-0.39, 0.29) is 24.9 Å². The van der Waals surface area contributed by atoms with E-state index in [0.717, 1.165) is 23.3 Å². The number of carbonyl (C=O) groups is 3. The largest absolute Gasteiger partial charge is 0.365 e. The molecule has 0 unspecified atom stereocenters. The van der Waals surface area contributed by atoms with E-state index in [9.17, 15) is 23.2 Å². The molecule has 2 amide bonds. The molecule has 9 heteroatoms. The summed E-state index contributed by atoms with van der Waals surface area (Å²) >= 11 is 5.56. The van der Waals surface area contributed by atoms with Crippen LogP contribution in [0.3, 0.4) is 0 Å². The van der Waals surface area contributed by atoms with Gasteiger partial charge >= 0.3 is 11.8 Å². The smallest absolute Gasteiger partial charge is 0.313 e. The normalized spacial score (nSPS) is 18.4. The zero-order chi connectivity index (χ0) is 23.0. The van der Waals surface area contributed by atoms with Gasteiger partial charge in [0, 0.05) is 49.9 Å². The number of amides is 2. The fourth-order valence-electron chi connectivity index (χ4n) is 4.25. The van der Waals surface area contributed by atoms with Gasteiger partial charge in [-0.15, -0.1) is 0 Å². The number of nitrogens with zero attached hydrogens (tertiary/aromatic N) is 2. The predicted molar refractivity (Wildman–Crippen MR) is 117 cm³/mol. The van der Waals surface area contributed by atoms with Crippen LogP contribution in [0.4, 0.5) is 20.2 Å². The number of hydrogen-bond donors (Lipinski definition) is 1. The first-order valence-corrected chi connectivity index (χ1v) is 10.8. The van der Waals surface area contributed by atoms with Crippen molar-refractivity contribution in [2.45, 2.75) is 32.2 Å². The van der Waals surface area contributed by atoms with Crippen LogP contribution in [0.15, 0.2) is 30.3 Å². The lowest BCUT2D eigenvalue weighted by Crippen LogP contribution is -2.55. The highest BCUT2D eigenvalue weighted by Crippen LogP contribution is 2.28. The van der Waals surface area contributed by atoms with E-state index in [1.807, 2.05) is 6.92 Å². The highest BCUT2D eigenvalue weighted by molar-refractivity contribution is 6.39. The van der Waals surface area contributed by atoms with E-state index in [0.29, 0.717) is 37.2 Å². The summed E-state index contributed by atoms with van der Waals surface area (Å²) in [6.45, 7) is 2.58. The van der Waals surface area contributed by atoms with Crippen molar-refractivity contribution < 1.29 is 23.2 Å². The van der Waals surface area contributed by atoms with Crippen molar-refractivity contribution in [3.05, 3.63) is 58.1 Å². The summed E-state index contributed by atoms with van der Waals surface area (Å²) in [4.78, 5) is 40.0. The predicted octanol–water partition coefficient (Wildman–Crippen LogP) is 3.35. The molecule has 32 heavy (non-hydrogen) atoms. The highest BCUT2D eigenvalue weighted by Gasteiger charge is 2.31. The number of halogens is 3. The first-order chi connectivity index (χ1) is 15.2. The average molecular weight is 462 g/mol. The van der Waals surface area contributed by atoms with Crippen LogP contribution in [0, 0.1) is 11.6 Å². The molecule has 0 radical (unpaired) electrons. The molecule has 6 nitrogen and oxygen atoms in total. The van der Waals surface area contributed by atoms with Crippen molar-refractivity contribution in [3.63, 3.8) is 0 Å². The Morgan fingerprint density at radius 3 is 2.47 bits per heavy atom. The molecular weight excluding hydrogens is 440 g/mol. The van der Waals surface area contributed by atoms with Crippen LogP contribution in [0.25, 0.3) is 0 Å². The Labute approximate surface area is 189 Å². The van der Waals surface area contributed by atoms with Gasteiger partial charge in [-0.2, -0.15) is 0 Å². The molecule has 2 aliphatic rings. The van der Waals surface area contributed by atoms with Crippen molar-refractivity contribution in [1.29, 1.82) is 0 Å². The summed E-state index contributed by atoms with van der Waals surface area (Å²) in [5.74, 6) is -2.91. The minimum atomic E-state index is -0.846. The maximum Gasteiger partial charge on any atom is 0.313 e. The number of aryl methyl sites for hydroxylation is 1. The molecule has 0 saturated carbocycles. The molecule has 2 aromatic rings. The van der Waals surface area contributed by atoms with Gasteiger partial charge in [0.2, 0.25) is 0 Å². The monoisotopic (exact) mass is 461 g/mol. The van der Waals surface area contributed by atoms with Gasteiger partial charge in [-0.25, -0.2) is 8.78 Å².